The molecule has 3 rings (SSSR count). The topological polar surface area (TPSA) is 114 Å². The first kappa shape index (κ1) is 37.4. The number of halogens is 3. The first-order valence-corrected chi connectivity index (χ1v) is 15.8. The number of alkyl carbamates (subject to hydrolysis) is 1. The molecule has 3 amide bonds. The minimum Gasteiger partial charge on any atom is -0.467 e. The lowest BCUT2D eigenvalue weighted by atomic mass is 9.91. The van der Waals surface area contributed by atoms with Gasteiger partial charge in [-0.15, -0.1) is 0 Å². The lowest BCUT2D eigenvalue weighted by Crippen LogP contribution is -2.60. The third-order valence-corrected chi connectivity index (χ3v) is 7.76. The molecule has 47 heavy (non-hydrogen) atoms. The van der Waals surface area contributed by atoms with Crippen LogP contribution in [0.5, 0.6) is 0 Å². The van der Waals surface area contributed by atoms with Crippen LogP contribution in [-0.4, -0.2) is 59.6 Å². The van der Waals surface area contributed by atoms with Crippen molar-refractivity contribution in [3.63, 3.8) is 0 Å². The molecule has 3 atom stereocenters. The fraction of sp³-hybridized carbons (Fsp3) is 0.543. The number of ether oxygens (including phenoxy) is 2. The molecule has 0 fully saturated rings. The number of amides is 3. The van der Waals surface area contributed by atoms with E-state index in [4.69, 9.17) is 9.47 Å². The quantitative estimate of drug-likeness (QED) is 0.286. The molecular weight excluding hydrogens is 615 g/mol. The summed E-state index contributed by atoms with van der Waals surface area (Å²) in [5.74, 6) is -2.96. The molecule has 0 radical (unpaired) electrons. The molecule has 1 aliphatic rings. The van der Waals surface area contributed by atoms with Gasteiger partial charge < -0.3 is 25.0 Å². The van der Waals surface area contributed by atoms with E-state index in [1.54, 1.807) is 34.6 Å². The maximum Gasteiger partial charge on any atom is 0.416 e. The Morgan fingerprint density at radius 3 is 1.89 bits per heavy atom. The van der Waals surface area contributed by atoms with Crippen LogP contribution in [0.1, 0.15) is 83.2 Å². The average Bonchev–Trinajstić information content (AvgIpc) is 3.39. The third kappa shape index (κ3) is 9.95. The highest BCUT2D eigenvalue weighted by Crippen LogP contribution is 2.35. The lowest BCUT2D eigenvalue weighted by molar-refractivity contribution is -0.159. The van der Waals surface area contributed by atoms with Gasteiger partial charge in [-0.2, -0.15) is 13.2 Å². The summed E-state index contributed by atoms with van der Waals surface area (Å²) < 4.78 is 51.3. The van der Waals surface area contributed by atoms with Crippen molar-refractivity contribution in [2.24, 2.45) is 11.8 Å². The van der Waals surface area contributed by atoms with Crippen LogP contribution in [0.25, 0.3) is 0 Å². The standard InChI is InChI=1S/C35H46F3N3O6/c1-20(2)17-27(32(44)46-8)41(29(30(42)39-21(3)4)22-13-15-26(16-14-22)35(36,37)38)31(43)28(40-33(45)47-34(5,6)7)25-18-23-11-9-10-12-24(23)19-25/h9-16,20-21,25,27-29H,17-19H2,1-8H3,(H,39,42)(H,40,45)/t27-,28-,29?/m1/s1. The zero-order valence-electron chi connectivity index (χ0n) is 28.2. The van der Waals surface area contributed by atoms with Crippen LogP contribution < -0.4 is 10.6 Å². The van der Waals surface area contributed by atoms with Gasteiger partial charge in [-0.3, -0.25) is 9.59 Å². The number of nitrogens with one attached hydrogen (secondary N) is 2. The van der Waals surface area contributed by atoms with Gasteiger partial charge in [0.05, 0.1) is 12.7 Å². The Kier molecular flexibility index (Phi) is 12.1. The molecule has 0 aliphatic heterocycles. The second kappa shape index (κ2) is 15.2. The Bertz CT molecular complexity index is 1390. The highest BCUT2D eigenvalue weighted by molar-refractivity contribution is 5.95. The summed E-state index contributed by atoms with van der Waals surface area (Å²) >= 11 is 0. The highest BCUT2D eigenvalue weighted by Gasteiger charge is 2.46. The predicted octanol–water partition coefficient (Wildman–Crippen LogP) is 6.00. The van der Waals surface area contributed by atoms with Gasteiger partial charge in [0.25, 0.3) is 0 Å². The van der Waals surface area contributed by atoms with E-state index in [1.165, 1.54) is 0 Å². The van der Waals surface area contributed by atoms with Gasteiger partial charge >= 0.3 is 18.2 Å². The molecule has 0 spiro atoms. The molecule has 2 N–H and O–H groups in total. The Balaban J connectivity index is 2.25. The molecular formula is C35H46F3N3O6. The van der Waals surface area contributed by atoms with Gasteiger partial charge in [0.1, 0.15) is 23.7 Å². The molecule has 0 bridgehead atoms. The van der Waals surface area contributed by atoms with Crippen molar-refractivity contribution in [1.29, 1.82) is 0 Å². The molecule has 258 valence electrons. The third-order valence-electron chi connectivity index (χ3n) is 7.76. The minimum atomic E-state index is -4.64. The van der Waals surface area contributed by atoms with Gasteiger partial charge in [-0.25, -0.2) is 9.59 Å². The molecule has 2 aromatic carbocycles. The fourth-order valence-electron chi connectivity index (χ4n) is 5.83. The van der Waals surface area contributed by atoms with E-state index in [1.807, 2.05) is 38.1 Å². The zero-order valence-corrected chi connectivity index (χ0v) is 28.2. The number of alkyl halides is 3. The van der Waals surface area contributed by atoms with Crippen molar-refractivity contribution >= 4 is 23.9 Å². The van der Waals surface area contributed by atoms with Crippen LogP contribution in [0.15, 0.2) is 48.5 Å². The van der Waals surface area contributed by atoms with Crippen molar-refractivity contribution in [2.45, 2.75) is 104 Å². The van der Waals surface area contributed by atoms with E-state index in [0.29, 0.717) is 12.8 Å². The maximum absolute atomic E-state index is 15.0. The summed E-state index contributed by atoms with van der Waals surface area (Å²) in [4.78, 5) is 56.9. The lowest BCUT2D eigenvalue weighted by Gasteiger charge is -2.40. The predicted molar refractivity (Wildman–Crippen MR) is 170 cm³/mol. The van der Waals surface area contributed by atoms with Crippen LogP contribution >= 0.6 is 0 Å². The van der Waals surface area contributed by atoms with Crippen LogP contribution in [-0.2, 0) is 42.9 Å². The van der Waals surface area contributed by atoms with Crippen LogP contribution in [0, 0.1) is 11.8 Å². The first-order valence-electron chi connectivity index (χ1n) is 15.8. The van der Waals surface area contributed by atoms with E-state index in [0.717, 1.165) is 47.4 Å². The smallest absolute Gasteiger partial charge is 0.416 e. The molecule has 0 aromatic heterocycles. The van der Waals surface area contributed by atoms with Gasteiger partial charge in [0.15, 0.2) is 0 Å². The molecule has 1 aliphatic carbocycles. The van der Waals surface area contributed by atoms with E-state index in [2.05, 4.69) is 10.6 Å². The monoisotopic (exact) mass is 661 g/mol. The number of hydrogen-bond acceptors (Lipinski definition) is 6. The zero-order chi connectivity index (χ0) is 35.3. The molecule has 9 nitrogen and oxygen atoms in total. The summed E-state index contributed by atoms with van der Waals surface area (Å²) in [5, 5.41) is 5.49. The summed E-state index contributed by atoms with van der Waals surface area (Å²) in [7, 11) is 1.16. The van der Waals surface area contributed by atoms with E-state index >= 15 is 4.79 Å². The number of rotatable bonds is 11. The molecule has 0 heterocycles. The number of fused-ring (bicyclic) bond motifs is 1. The van der Waals surface area contributed by atoms with Crippen molar-refractivity contribution in [2.75, 3.05) is 7.11 Å². The van der Waals surface area contributed by atoms with Crippen LogP contribution in [0.4, 0.5) is 18.0 Å². The summed E-state index contributed by atoms with van der Waals surface area (Å²) in [6.45, 7) is 12.1. The Morgan fingerprint density at radius 2 is 1.45 bits per heavy atom. The maximum atomic E-state index is 15.0. The number of esters is 1. The number of carbonyl (C=O) groups is 4. The highest BCUT2D eigenvalue weighted by atomic mass is 19.4. The van der Waals surface area contributed by atoms with E-state index in [-0.39, 0.29) is 17.9 Å². The Labute approximate surface area is 274 Å². The van der Waals surface area contributed by atoms with E-state index < -0.39 is 71.3 Å². The molecule has 12 heteroatoms. The molecule has 1 unspecified atom stereocenters. The molecule has 0 saturated carbocycles. The second-order valence-electron chi connectivity index (χ2n) is 13.7. The molecule has 2 aromatic rings. The van der Waals surface area contributed by atoms with Gasteiger partial charge in [0, 0.05) is 6.04 Å². The number of hydrogen-bond donors (Lipinski definition) is 2. The van der Waals surface area contributed by atoms with Gasteiger partial charge in [-0.05, 0) is 94.5 Å². The van der Waals surface area contributed by atoms with Crippen molar-refractivity contribution in [1.82, 2.24) is 15.5 Å². The number of nitrogens with zero attached hydrogens (tertiary/aromatic N) is 1. The summed E-state index contributed by atoms with van der Waals surface area (Å²) in [6, 6.07) is 6.93. The average molecular weight is 662 g/mol. The Morgan fingerprint density at radius 1 is 0.894 bits per heavy atom. The van der Waals surface area contributed by atoms with E-state index in [9.17, 15) is 27.6 Å². The van der Waals surface area contributed by atoms with Crippen LogP contribution in [0.2, 0.25) is 0 Å². The van der Waals surface area contributed by atoms with Gasteiger partial charge in [0.2, 0.25) is 11.8 Å². The first-order chi connectivity index (χ1) is 21.8. The normalized spacial score (nSPS) is 15.4. The number of benzene rings is 2. The summed E-state index contributed by atoms with van der Waals surface area (Å²) in [5.41, 5.74) is 0.171. The fourth-order valence-corrected chi connectivity index (χ4v) is 5.83. The van der Waals surface area contributed by atoms with Crippen molar-refractivity contribution in [3.8, 4) is 0 Å². The SMILES string of the molecule is COC(=O)[C@@H](CC(C)C)N(C(=O)[C@H](NC(=O)OC(C)(C)C)C1Cc2ccccc2C1)C(C(=O)NC(C)C)c1ccc(C(F)(F)F)cc1. The molecule has 0 saturated heterocycles. The number of methoxy groups -OCH3 is 1. The van der Waals surface area contributed by atoms with Crippen molar-refractivity contribution < 1.29 is 41.8 Å². The van der Waals surface area contributed by atoms with Crippen LogP contribution in [0.3, 0.4) is 0 Å². The number of carbonyl (C=O) groups excluding carboxylic acids is 4. The van der Waals surface area contributed by atoms with Crippen molar-refractivity contribution in [3.05, 3.63) is 70.8 Å². The summed E-state index contributed by atoms with van der Waals surface area (Å²) in [6.07, 6.45) is -4.63. The second-order valence-corrected chi connectivity index (χ2v) is 13.7. The van der Waals surface area contributed by atoms with Gasteiger partial charge in [-0.1, -0.05) is 50.2 Å². The Hall–Kier alpha value is -4.09. The largest absolute Gasteiger partial charge is 0.467 e. The minimum absolute atomic E-state index is 0.0490.